The molecule has 0 fully saturated rings. The highest BCUT2D eigenvalue weighted by Crippen LogP contribution is 2.31. The Morgan fingerprint density at radius 2 is 1.78 bits per heavy atom. The van der Waals surface area contributed by atoms with Crippen LogP contribution in [0.15, 0.2) is 64.0 Å². The van der Waals surface area contributed by atoms with Gasteiger partial charge in [-0.25, -0.2) is 4.98 Å². The van der Waals surface area contributed by atoms with Crippen LogP contribution >= 0.6 is 23.2 Å². The Morgan fingerprint density at radius 3 is 2.56 bits per heavy atom. The number of hydrogen-bond donors (Lipinski definition) is 2. The molecule has 0 atom stereocenters. The lowest BCUT2D eigenvalue weighted by molar-refractivity contribution is 0.450. The second-order valence-corrected chi connectivity index (χ2v) is 6.62. The molecule has 4 aromatic rings. The van der Waals surface area contributed by atoms with E-state index in [0.717, 1.165) is 5.56 Å². The van der Waals surface area contributed by atoms with Gasteiger partial charge in [0.15, 0.2) is 5.58 Å². The smallest absolute Gasteiger partial charge is 0.227 e. The van der Waals surface area contributed by atoms with Gasteiger partial charge in [-0.05, 0) is 48.5 Å². The van der Waals surface area contributed by atoms with Gasteiger partial charge in [-0.15, -0.1) is 0 Å². The molecule has 5 nitrogen and oxygen atoms in total. The van der Waals surface area contributed by atoms with Gasteiger partial charge in [0, 0.05) is 23.4 Å². The van der Waals surface area contributed by atoms with Crippen LogP contribution in [0.4, 0.5) is 5.69 Å². The Hall–Kier alpha value is -3.02. The van der Waals surface area contributed by atoms with Gasteiger partial charge in [0.1, 0.15) is 17.0 Å². The minimum Gasteiger partial charge on any atom is -0.508 e. The molecule has 0 amide bonds. The highest BCUT2D eigenvalue weighted by atomic mass is 35.5. The van der Waals surface area contributed by atoms with Crippen LogP contribution in [0.1, 0.15) is 5.56 Å². The Balaban J connectivity index is 1.66. The number of hydrogen-bond acceptors (Lipinski definition) is 5. The Labute approximate surface area is 164 Å². The fourth-order valence-electron chi connectivity index (χ4n) is 2.53. The van der Waals surface area contributed by atoms with Gasteiger partial charge in [-0.3, -0.25) is 4.99 Å². The maximum Gasteiger partial charge on any atom is 0.227 e. The molecule has 0 saturated carbocycles. The first-order valence-corrected chi connectivity index (χ1v) is 8.67. The van der Waals surface area contributed by atoms with E-state index in [2.05, 4.69) is 9.98 Å². The summed E-state index contributed by atoms with van der Waals surface area (Å²) in [6, 6.07) is 14.8. The van der Waals surface area contributed by atoms with Gasteiger partial charge < -0.3 is 14.6 Å². The van der Waals surface area contributed by atoms with Crippen LogP contribution in [0.3, 0.4) is 0 Å². The minimum absolute atomic E-state index is 0.0106. The second-order valence-electron chi connectivity index (χ2n) is 5.80. The first-order valence-electron chi connectivity index (χ1n) is 7.92. The molecule has 1 aromatic heterocycles. The lowest BCUT2D eigenvalue weighted by Gasteiger charge is -1.99. The Bertz CT molecular complexity index is 1190. The molecule has 0 aliphatic rings. The van der Waals surface area contributed by atoms with Gasteiger partial charge in [-0.2, -0.15) is 0 Å². The predicted octanol–water partition coefficient (Wildman–Crippen LogP) is 5.96. The zero-order valence-electron chi connectivity index (χ0n) is 13.7. The summed E-state index contributed by atoms with van der Waals surface area (Å²) < 4.78 is 5.77. The summed E-state index contributed by atoms with van der Waals surface area (Å²) >= 11 is 12.0. The molecule has 0 spiro atoms. The molecule has 3 aromatic carbocycles. The quantitative estimate of drug-likeness (QED) is 0.417. The van der Waals surface area contributed by atoms with E-state index in [9.17, 15) is 10.2 Å². The van der Waals surface area contributed by atoms with Gasteiger partial charge >= 0.3 is 0 Å². The molecular formula is C20H12Cl2N2O3. The van der Waals surface area contributed by atoms with Crippen molar-refractivity contribution in [1.29, 1.82) is 0 Å². The van der Waals surface area contributed by atoms with Crippen LogP contribution in [-0.4, -0.2) is 21.4 Å². The van der Waals surface area contributed by atoms with Crippen molar-refractivity contribution in [2.75, 3.05) is 0 Å². The average molecular weight is 399 g/mol. The number of halogens is 2. The summed E-state index contributed by atoms with van der Waals surface area (Å²) in [4.78, 5) is 8.81. The molecule has 27 heavy (non-hydrogen) atoms. The third kappa shape index (κ3) is 3.60. The molecule has 0 aliphatic carbocycles. The van der Waals surface area contributed by atoms with Gasteiger partial charge in [0.05, 0.1) is 15.7 Å². The fourth-order valence-corrected chi connectivity index (χ4v) is 2.83. The zero-order valence-corrected chi connectivity index (χ0v) is 15.2. The monoisotopic (exact) mass is 398 g/mol. The van der Waals surface area contributed by atoms with Crippen LogP contribution in [0, 0.1) is 0 Å². The summed E-state index contributed by atoms with van der Waals surface area (Å²) in [6.07, 6.45) is 1.51. The molecular weight excluding hydrogens is 387 g/mol. The highest BCUT2D eigenvalue weighted by molar-refractivity contribution is 6.42. The third-order valence-electron chi connectivity index (χ3n) is 3.90. The van der Waals surface area contributed by atoms with Crippen molar-refractivity contribution in [3.8, 4) is 23.0 Å². The van der Waals surface area contributed by atoms with E-state index in [1.165, 1.54) is 18.3 Å². The van der Waals surface area contributed by atoms with E-state index in [0.29, 0.717) is 38.3 Å². The third-order valence-corrected chi connectivity index (χ3v) is 4.64. The van der Waals surface area contributed by atoms with Crippen LogP contribution in [-0.2, 0) is 0 Å². The van der Waals surface area contributed by atoms with Gasteiger partial charge in [-0.1, -0.05) is 23.2 Å². The van der Waals surface area contributed by atoms with E-state index in [4.69, 9.17) is 27.6 Å². The first-order chi connectivity index (χ1) is 13.0. The number of phenols is 2. The van der Waals surface area contributed by atoms with Crippen molar-refractivity contribution in [2.45, 2.75) is 0 Å². The summed E-state index contributed by atoms with van der Waals surface area (Å²) in [5.74, 6) is 0.368. The van der Waals surface area contributed by atoms with E-state index in [1.807, 2.05) is 0 Å². The van der Waals surface area contributed by atoms with E-state index >= 15 is 0 Å². The van der Waals surface area contributed by atoms with Crippen LogP contribution in [0.25, 0.3) is 22.6 Å². The Kier molecular flexibility index (Phi) is 4.48. The van der Waals surface area contributed by atoms with Crippen LogP contribution in [0.2, 0.25) is 10.0 Å². The van der Waals surface area contributed by atoms with E-state index < -0.39 is 0 Å². The van der Waals surface area contributed by atoms with E-state index in [1.54, 1.807) is 42.5 Å². The number of aromatic hydroxyl groups is 2. The number of aromatic nitrogens is 1. The SMILES string of the molecule is Oc1ccc(C=Nc2ccc3oc(-c4ccc(Cl)c(Cl)c4)nc3c2)c(O)c1. The molecule has 0 radical (unpaired) electrons. The van der Waals surface area contributed by atoms with E-state index in [-0.39, 0.29) is 11.5 Å². The fraction of sp³-hybridized carbons (Fsp3) is 0. The maximum atomic E-state index is 9.81. The number of fused-ring (bicyclic) bond motifs is 1. The molecule has 0 bridgehead atoms. The minimum atomic E-state index is -0.0526. The topological polar surface area (TPSA) is 78.9 Å². The van der Waals surface area contributed by atoms with Crippen molar-refractivity contribution in [3.05, 3.63) is 70.2 Å². The lowest BCUT2D eigenvalue weighted by Crippen LogP contribution is -1.81. The van der Waals surface area contributed by atoms with Crippen molar-refractivity contribution in [2.24, 2.45) is 4.99 Å². The number of oxazole rings is 1. The number of rotatable bonds is 3. The summed E-state index contributed by atoms with van der Waals surface area (Å²) in [6.45, 7) is 0. The molecule has 4 rings (SSSR count). The zero-order chi connectivity index (χ0) is 19.0. The van der Waals surface area contributed by atoms with Crippen LogP contribution < -0.4 is 0 Å². The molecule has 7 heteroatoms. The van der Waals surface area contributed by atoms with Crippen molar-refractivity contribution >= 4 is 46.2 Å². The molecule has 1 heterocycles. The van der Waals surface area contributed by atoms with Gasteiger partial charge in [0.25, 0.3) is 0 Å². The largest absolute Gasteiger partial charge is 0.508 e. The highest BCUT2D eigenvalue weighted by Gasteiger charge is 2.10. The van der Waals surface area contributed by atoms with Crippen molar-refractivity contribution < 1.29 is 14.6 Å². The number of aliphatic imine (C=N–C) groups is 1. The Morgan fingerprint density at radius 1 is 0.926 bits per heavy atom. The predicted molar refractivity (Wildman–Crippen MR) is 106 cm³/mol. The number of nitrogens with zero attached hydrogens (tertiary/aromatic N) is 2. The molecule has 0 unspecified atom stereocenters. The van der Waals surface area contributed by atoms with Crippen LogP contribution in [0.5, 0.6) is 11.5 Å². The second kappa shape index (κ2) is 6.95. The summed E-state index contributed by atoms with van der Waals surface area (Å²) in [5, 5.41) is 20.0. The summed E-state index contributed by atoms with van der Waals surface area (Å²) in [7, 11) is 0. The molecule has 2 N–H and O–H groups in total. The average Bonchev–Trinajstić information content (AvgIpc) is 3.06. The normalized spacial score (nSPS) is 11.5. The molecule has 134 valence electrons. The maximum absolute atomic E-state index is 9.81. The number of benzene rings is 3. The lowest BCUT2D eigenvalue weighted by atomic mass is 10.2. The van der Waals surface area contributed by atoms with Gasteiger partial charge in [0.2, 0.25) is 5.89 Å². The van der Waals surface area contributed by atoms with Crippen molar-refractivity contribution in [3.63, 3.8) is 0 Å². The first kappa shape index (κ1) is 17.4. The molecule has 0 aliphatic heterocycles. The standard InChI is InChI=1S/C20H12Cl2N2O3/c21-15-5-2-11(7-16(15)22)20-24-17-8-13(3-6-19(17)27-20)23-10-12-1-4-14(25)9-18(12)26/h1-10,25-26H. The number of phenolic OH excluding ortho intramolecular Hbond substituents is 2. The molecule has 0 saturated heterocycles. The summed E-state index contributed by atoms with van der Waals surface area (Å²) in [5.41, 5.74) is 3.11. The van der Waals surface area contributed by atoms with Crippen molar-refractivity contribution in [1.82, 2.24) is 4.98 Å².